The van der Waals surface area contributed by atoms with E-state index < -0.39 is 0 Å². The van der Waals surface area contributed by atoms with Crippen molar-refractivity contribution in [2.45, 2.75) is 94.1 Å². The van der Waals surface area contributed by atoms with Gasteiger partial charge in [0.2, 0.25) is 0 Å². The zero-order valence-corrected chi connectivity index (χ0v) is 20.5. The highest BCUT2D eigenvalue weighted by Crippen LogP contribution is 2.34. The van der Waals surface area contributed by atoms with E-state index in [9.17, 15) is 9.59 Å². The summed E-state index contributed by atoms with van der Waals surface area (Å²) in [6.07, 6.45) is 4.18. The van der Waals surface area contributed by atoms with Crippen LogP contribution in [0.15, 0.2) is 12.2 Å². The summed E-state index contributed by atoms with van der Waals surface area (Å²) < 4.78 is 10.5. The Morgan fingerprint density at radius 2 is 1.53 bits per heavy atom. The summed E-state index contributed by atoms with van der Waals surface area (Å²) in [5, 5.41) is 0.452. The second-order valence-electron chi connectivity index (χ2n) is 7.94. The highest BCUT2D eigenvalue weighted by molar-refractivity contribution is 7.99. The molecular weight excluding hydrogens is 416 g/mol. The van der Waals surface area contributed by atoms with Crippen LogP contribution in [0.2, 0.25) is 0 Å². The molecule has 180 valence electrons. The third-order valence-electron chi connectivity index (χ3n) is 4.74. The first-order chi connectivity index (χ1) is 13.1. The van der Waals surface area contributed by atoms with E-state index in [0.717, 1.165) is 11.5 Å². The van der Waals surface area contributed by atoms with E-state index in [1.807, 2.05) is 24.8 Å². The predicted octanol–water partition coefficient (Wildman–Crippen LogP) is 6.68. The number of ether oxygens (including phenoxy) is 2. The molecule has 30 heavy (non-hydrogen) atoms. The minimum atomic E-state index is -0.207. The van der Waals surface area contributed by atoms with Crippen molar-refractivity contribution in [3.63, 3.8) is 0 Å². The molecule has 0 amide bonds. The van der Waals surface area contributed by atoms with Crippen molar-refractivity contribution < 1.29 is 19.1 Å². The number of thiol groups is 1. The molecule has 5 atom stereocenters. The van der Waals surface area contributed by atoms with Crippen molar-refractivity contribution in [2.24, 2.45) is 23.7 Å². The highest BCUT2D eigenvalue weighted by Gasteiger charge is 2.37. The number of cyclic esters (lactones) is 2. The minimum absolute atomic E-state index is 0. The van der Waals surface area contributed by atoms with E-state index >= 15 is 0 Å². The van der Waals surface area contributed by atoms with Crippen molar-refractivity contribution in [3.05, 3.63) is 12.2 Å². The van der Waals surface area contributed by atoms with Crippen molar-refractivity contribution in [2.75, 3.05) is 11.5 Å². The van der Waals surface area contributed by atoms with Gasteiger partial charge in [-0.05, 0) is 23.3 Å². The number of hydrogen-bond acceptors (Lipinski definition) is 6. The van der Waals surface area contributed by atoms with Crippen LogP contribution in [0, 0.1) is 23.7 Å². The monoisotopic (exact) mass is 464 g/mol. The highest BCUT2D eigenvalue weighted by atomic mass is 32.2. The molecule has 4 nitrogen and oxygen atoms in total. The van der Waals surface area contributed by atoms with Crippen LogP contribution < -0.4 is 0 Å². The molecule has 1 saturated heterocycles. The fourth-order valence-corrected chi connectivity index (χ4v) is 4.54. The molecule has 6 heteroatoms. The molecule has 1 fully saturated rings. The quantitative estimate of drug-likeness (QED) is 0.371. The van der Waals surface area contributed by atoms with Gasteiger partial charge in [-0.1, -0.05) is 76.3 Å². The third kappa shape index (κ3) is 12.3. The van der Waals surface area contributed by atoms with Gasteiger partial charge in [-0.2, -0.15) is 24.4 Å². The molecule has 0 bridgehead atoms. The van der Waals surface area contributed by atoms with E-state index in [4.69, 9.17) is 9.47 Å². The lowest BCUT2D eigenvalue weighted by atomic mass is 9.88. The van der Waals surface area contributed by atoms with Crippen molar-refractivity contribution in [3.8, 4) is 0 Å². The van der Waals surface area contributed by atoms with Crippen LogP contribution in [0.3, 0.4) is 0 Å². The summed E-state index contributed by atoms with van der Waals surface area (Å²) >= 11 is 5.67. The first-order valence-electron chi connectivity index (χ1n) is 10.4. The van der Waals surface area contributed by atoms with Crippen LogP contribution in [-0.4, -0.2) is 40.9 Å². The normalized spacial score (nSPS) is 27.4. The molecule has 0 saturated carbocycles. The number of carbonyl (C=O) groups is 2. The second kappa shape index (κ2) is 18.0. The van der Waals surface area contributed by atoms with E-state index in [0.29, 0.717) is 35.3 Å². The smallest absolute Gasteiger partial charge is 0.330 e. The van der Waals surface area contributed by atoms with Gasteiger partial charge < -0.3 is 9.47 Å². The van der Waals surface area contributed by atoms with Gasteiger partial charge in [0, 0.05) is 23.2 Å². The lowest BCUT2D eigenvalue weighted by Gasteiger charge is -2.37. The van der Waals surface area contributed by atoms with Gasteiger partial charge in [0.15, 0.2) is 0 Å². The summed E-state index contributed by atoms with van der Waals surface area (Å²) in [5.41, 5.74) is 0. The molecule has 2 aliphatic heterocycles. The Balaban J connectivity index is -0.000000413. The standard InChI is InChI=1S/C11H20O2S.C9H14O2.C2H6S.2CH4/c1-5-14-9-6-10(12)13-11(7(2)3)8(9)4;1-6(2)9-7(3)4-5-8(10)11-9;1-2-3;;/h7-9,11H,5-6H2,1-4H3;4-7,9H,1-3H3;3H,2H2,1H3;2*1H4/t8-,9?,11-;7-,9-;;;/m00.../s1. The Bertz CT molecular complexity index is 492. The van der Waals surface area contributed by atoms with E-state index in [1.54, 1.807) is 0 Å². The van der Waals surface area contributed by atoms with Gasteiger partial charge in [0.25, 0.3) is 0 Å². The van der Waals surface area contributed by atoms with Crippen LogP contribution in [-0.2, 0) is 19.1 Å². The lowest BCUT2D eigenvalue weighted by Crippen LogP contribution is -2.42. The second-order valence-corrected chi connectivity index (χ2v) is 10.1. The lowest BCUT2D eigenvalue weighted by molar-refractivity contribution is -0.160. The summed E-state index contributed by atoms with van der Waals surface area (Å²) in [4.78, 5) is 22.2. The first-order valence-corrected chi connectivity index (χ1v) is 12.1. The van der Waals surface area contributed by atoms with Gasteiger partial charge in [0.1, 0.15) is 12.2 Å². The van der Waals surface area contributed by atoms with E-state index in [2.05, 4.69) is 61.1 Å². The predicted molar refractivity (Wildman–Crippen MR) is 136 cm³/mol. The van der Waals surface area contributed by atoms with Crippen LogP contribution in [0.4, 0.5) is 0 Å². The Morgan fingerprint density at radius 3 is 1.93 bits per heavy atom. The molecular formula is C24H48O4S2. The molecule has 1 unspecified atom stereocenters. The SMILES string of the molecule is C.C.CC(C)[C@@H]1OC(=O)C=C[C@@H]1C.CCS.CCSC1CC(=O)O[C@@H](C(C)C)[C@H]1C. The summed E-state index contributed by atoms with van der Waals surface area (Å²) in [7, 11) is 0. The third-order valence-corrected chi connectivity index (χ3v) is 6.10. The maximum Gasteiger partial charge on any atom is 0.330 e. The Labute approximate surface area is 196 Å². The van der Waals surface area contributed by atoms with Crippen LogP contribution >= 0.6 is 24.4 Å². The molecule has 0 N–H and O–H groups in total. The van der Waals surface area contributed by atoms with E-state index in [1.165, 1.54) is 6.08 Å². The molecule has 2 rings (SSSR count). The number of thioether (sulfide) groups is 1. The Hall–Kier alpha value is -0.620. The topological polar surface area (TPSA) is 52.6 Å². The van der Waals surface area contributed by atoms with Gasteiger partial charge >= 0.3 is 11.9 Å². The van der Waals surface area contributed by atoms with Gasteiger partial charge in [-0.25, -0.2) is 4.79 Å². The average molecular weight is 465 g/mol. The van der Waals surface area contributed by atoms with Crippen molar-refractivity contribution in [1.82, 2.24) is 0 Å². The van der Waals surface area contributed by atoms with Crippen molar-refractivity contribution >= 4 is 36.3 Å². The van der Waals surface area contributed by atoms with Crippen LogP contribution in [0.5, 0.6) is 0 Å². The van der Waals surface area contributed by atoms with Crippen LogP contribution in [0.25, 0.3) is 0 Å². The molecule has 0 aromatic heterocycles. The number of hydrogen-bond donors (Lipinski definition) is 1. The molecule has 0 aromatic carbocycles. The maximum atomic E-state index is 11.4. The van der Waals surface area contributed by atoms with Gasteiger partial charge in [-0.15, -0.1) is 0 Å². The molecule has 0 aliphatic carbocycles. The average Bonchev–Trinajstić information content (AvgIpc) is 2.61. The molecule has 0 aromatic rings. The zero-order valence-electron chi connectivity index (χ0n) is 18.8. The Kier molecular flexibility index (Phi) is 20.4. The largest absolute Gasteiger partial charge is 0.462 e. The summed E-state index contributed by atoms with van der Waals surface area (Å²) in [6, 6.07) is 0. The fraction of sp³-hybridized carbons (Fsp3) is 0.833. The number of carbonyl (C=O) groups excluding carboxylic acids is 2. The maximum absolute atomic E-state index is 11.4. The minimum Gasteiger partial charge on any atom is -0.462 e. The molecule has 2 heterocycles. The van der Waals surface area contributed by atoms with Crippen LogP contribution in [0.1, 0.15) is 76.7 Å². The molecule has 2 aliphatic rings. The zero-order chi connectivity index (χ0) is 21.9. The van der Waals surface area contributed by atoms with Gasteiger partial charge in [-0.3, -0.25) is 4.79 Å². The molecule has 0 radical (unpaired) electrons. The molecule has 0 spiro atoms. The summed E-state index contributed by atoms with van der Waals surface area (Å²) in [5.74, 6) is 3.46. The number of esters is 2. The first kappa shape index (κ1) is 34.0. The van der Waals surface area contributed by atoms with Crippen molar-refractivity contribution in [1.29, 1.82) is 0 Å². The van der Waals surface area contributed by atoms with E-state index in [-0.39, 0.29) is 39.0 Å². The number of rotatable bonds is 4. The summed E-state index contributed by atoms with van der Waals surface area (Å²) in [6.45, 7) is 16.8. The Morgan fingerprint density at radius 1 is 1.03 bits per heavy atom. The van der Waals surface area contributed by atoms with Gasteiger partial charge in [0.05, 0.1) is 6.42 Å². The fourth-order valence-electron chi connectivity index (χ4n) is 3.40.